The monoisotopic (exact) mass is 407 g/mol. The first kappa shape index (κ1) is 21.4. The minimum atomic E-state index is -1.09. The number of nitrogens with one attached hydrogen (secondary N) is 2. The van der Waals surface area contributed by atoms with E-state index >= 15 is 0 Å². The first-order valence-corrected chi connectivity index (χ1v) is 9.41. The zero-order chi connectivity index (χ0) is 19.0. The van der Waals surface area contributed by atoms with Crippen LogP contribution in [0.2, 0.25) is 10.0 Å². The molecule has 138 valence electrons. The Morgan fingerprint density at radius 1 is 1.32 bits per heavy atom. The number of esters is 1. The summed E-state index contributed by atoms with van der Waals surface area (Å²) >= 11 is 13.3. The molecule has 7 nitrogen and oxygen atoms in total. The minimum Gasteiger partial charge on any atom is -0.451 e. The summed E-state index contributed by atoms with van der Waals surface area (Å²) in [5, 5.41) is 5.53. The molecule has 0 spiro atoms. The van der Waals surface area contributed by atoms with Gasteiger partial charge in [-0.25, -0.2) is 9.59 Å². The van der Waals surface area contributed by atoms with Gasteiger partial charge >= 0.3 is 12.0 Å². The van der Waals surface area contributed by atoms with Gasteiger partial charge in [0.25, 0.3) is 5.91 Å². The summed E-state index contributed by atoms with van der Waals surface area (Å²) in [6.45, 7) is 1.41. The zero-order valence-corrected chi connectivity index (χ0v) is 16.0. The van der Waals surface area contributed by atoms with Crippen LogP contribution >= 0.6 is 35.0 Å². The zero-order valence-electron chi connectivity index (χ0n) is 13.7. The summed E-state index contributed by atoms with van der Waals surface area (Å²) in [5.41, 5.74) is 5.40. The predicted octanol–water partition coefficient (Wildman–Crippen LogP) is 2.65. The van der Waals surface area contributed by atoms with E-state index in [1.807, 2.05) is 6.26 Å². The number of carbonyl (C=O) groups excluding carboxylic acids is 3. The Kier molecular flexibility index (Phi) is 8.88. The lowest BCUT2D eigenvalue weighted by atomic mass is 10.2. The van der Waals surface area contributed by atoms with Crippen molar-refractivity contribution in [2.45, 2.75) is 25.5 Å². The predicted molar refractivity (Wildman–Crippen MR) is 100 cm³/mol. The van der Waals surface area contributed by atoms with E-state index in [1.54, 1.807) is 6.07 Å². The van der Waals surface area contributed by atoms with E-state index in [0.29, 0.717) is 22.9 Å². The smallest absolute Gasteiger partial charge is 0.329 e. The number of ether oxygens (including phenoxy) is 1. The SMILES string of the molecule is CSCC[C@H](NC(N)=O)C(=O)O[C@@H](C)C(=O)Nc1ccc(Cl)cc1Cl. The van der Waals surface area contributed by atoms with Gasteiger partial charge in [-0.3, -0.25) is 4.79 Å². The van der Waals surface area contributed by atoms with E-state index < -0.39 is 30.1 Å². The largest absolute Gasteiger partial charge is 0.451 e. The van der Waals surface area contributed by atoms with Crippen molar-refractivity contribution >= 4 is 58.6 Å². The molecule has 0 aliphatic carbocycles. The second-order valence-electron chi connectivity index (χ2n) is 5.04. The van der Waals surface area contributed by atoms with Crippen LogP contribution in [0.3, 0.4) is 0 Å². The van der Waals surface area contributed by atoms with Crippen molar-refractivity contribution in [3.63, 3.8) is 0 Å². The molecule has 4 N–H and O–H groups in total. The molecular formula is C15H19Cl2N3O4S. The number of nitrogens with two attached hydrogens (primary N) is 1. The van der Waals surface area contributed by atoms with Crippen LogP contribution in [-0.2, 0) is 14.3 Å². The molecule has 0 aliphatic rings. The molecule has 0 radical (unpaired) electrons. The molecule has 1 aromatic carbocycles. The molecule has 0 bridgehead atoms. The average Bonchev–Trinajstić information content (AvgIpc) is 2.53. The van der Waals surface area contributed by atoms with Gasteiger partial charge in [-0.15, -0.1) is 0 Å². The molecule has 0 saturated carbocycles. The molecule has 0 aliphatic heterocycles. The lowest BCUT2D eigenvalue weighted by Crippen LogP contribution is -2.46. The van der Waals surface area contributed by atoms with Gasteiger partial charge in [0.15, 0.2) is 6.10 Å². The van der Waals surface area contributed by atoms with Gasteiger partial charge in [0.2, 0.25) is 0 Å². The van der Waals surface area contributed by atoms with Crippen molar-refractivity contribution < 1.29 is 19.1 Å². The highest BCUT2D eigenvalue weighted by Gasteiger charge is 2.26. The van der Waals surface area contributed by atoms with E-state index in [9.17, 15) is 14.4 Å². The Bertz CT molecular complexity index is 645. The highest BCUT2D eigenvalue weighted by atomic mass is 35.5. The van der Waals surface area contributed by atoms with E-state index in [-0.39, 0.29) is 5.02 Å². The van der Waals surface area contributed by atoms with Crippen LogP contribution in [0.5, 0.6) is 0 Å². The summed E-state index contributed by atoms with van der Waals surface area (Å²) in [7, 11) is 0. The quantitative estimate of drug-likeness (QED) is 0.573. The molecule has 0 aromatic heterocycles. The van der Waals surface area contributed by atoms with Crippen LogP contribution in [0.1, 0.15) is 13.3 Å². The topological polar surface area (TPSA) is 111 Å². The Morgan fingerprint density at radius 2 is 2.00 bits per heavy atom. The van der Waals surface area contributed by atoms with Crippen LogP contribution in [-0.4, -0.2) is 42.1 Å². The molecule has 1 rings (SSSR count). The second-order valence-corrected chi connectivity index (χ2v) is 6.86. The van der Waals surface area contributed by atoms with Gasteiger partial charge in [0, 0.05) is 5.02 Å². The van der Waals surface area contributed by atoms with Crippen molar-refractivity contribution in [2.24, 2.45) is 5.73 Å². The van der Waals surface area contributed by atoms with Gasteiger partial charge in [-0.1, -0.05) is 23.2 Å². The first-order valence-electron chi connectivity index (χ1n) is 7.26. The number of carbonyl (C=O) groups is 3. The van der Waals surface area contributed by atoms with Crippen molar-refractivity contribution in [2.75, 3.05) is 17.3 Å². The standard InChI is InChI=1S/C15H19Cl2N3O4S/c1-8(13(21)19-11-4-3-9(16)7-10(11)17)24-14(22)12(5-6-25-2)20-15(18)23/h3-4,7-8,12H,5-6H2,1-2H3,(H,19,21)(H3,18,20,23)/t8-,12-/m0/s1. The average molecular weight is 408 g/mol. The normalized spacial score (nSPS) is 12.8. The molecule has 3 amide bonds. The summed E-state index contributed by atoms with van der Waals surface area (Å²) in [5.74, 6) is -0.695. The Balaban J connectivity index is 2.67. The van der Waals surface area contributed by atoms with E-state index in [2.05, 4.69) is 10.6 Å². The highest BCUT2D eigenvalue weighted by Crippen LogP contribution is 2.25. The molecule has 0 heterocycles. The molecule has 10 heteroatoms. The van der Waals surface area contributed by atoms with Crippen LogP contribution in [0.25, 0.3) is 0 Å². The molecule has 0 unspecified atom stereocenters. The Hall–Kier alpha value is -1.64. The van der Waals surface area contributed by atoms with Crippen molar-refractivity contribution in [1.82, 2.24) is 5.32 Å². The number of primary amides is 1. The molecule has 25 heavy (non-hydrogen) atoms. The van der Waals surface area contributed by atoms with Crippen molar-refractivity contribution in [3.05, 3.63) is 28.2 Å². The van der Waals surface area contributed by atoms with Crippen LogP contribution < -0.4 is 16.4 Å². The van der Waals surface area contributed by atoms with E-state index in [1.165, 1.54) is 30.8 Å². The number of hydrogen-bond donors (Lipinski definition) is 3. The minimum absolute atomic E-state index is 0.257. The maximum Gasteiger partial charge on any atom is 0.329 e. The number of anilines is 1. The third kappa shape index (κ3) is 7.41. The second kappa shape index (κ2) is 10.4. The fourth-order valence-corrected chi connectivity index (χ4v) is 2.72. The van der Waals surface area contributed by atoms with Gasteiger partial charge in [0.1, 0.15) is 6.04 Å². The van der Waals surface area contributed by atoms with E-state index in [4.69, 9.17) is 33.7 Å². The van der Waals surface area contributed by atoms with Gasteiger partial charge in [-0.05, 0) is 43.6 Å². The Labute approximate surface area is 159 Å². The molecule has 2 atom stereocenters. The maximum atomic E-state index is 12.1. The summed E-state index contributed by atoms with van der Waals surface area (Å²) in [6.07, 6.45) is 1.10. The lowest BCUT2D eigenvalue weighted by molar-refractivity contribution is -0.155. The number of rotatable bonds is 8. The fourth-order valence-electron chi connectivity index (χ4n) is 1.79. The molecule has 1 aromatic rings. The molecular weight excluding hydrogens is 389 g/mol. The molecule has 0 fully saturated rings. The van der Waals surface area contributed by atoms with Gasteiger partial charge in [0.05, 0.1) is 10.7 Å². The summed E-state index contributed by atoms with van der Waals surface area (Å²) in [4.78, 5) is 35.3. The molecule has 0 saturated heterocycles. The van der Waals surface area contributed by atoms with Crippen LogP contribution in [0.15, 0.2) is 18.2 Å². The summed E-state index contributed by atoms with van der Waals surface area (Å²) in [6, 6.07) is 2.82. The van der Waals surface area contributed by atoms with Crippen LogP contribution in [0.4, 0.5) is 10.5 Å². The number of urea groups is 1. The van der Waals surface area contributed by atoms with Crippen molar-refractivity contribution in [1.29, 1.82) is 0 Å². The summed E-state index contributed by atoms with van der Waals surface area (Å²) < 4.78 is 5.11. The van der Waals surface area contributed by atoms with Crippen LogP contribution in [0, 0.1) is 0 Å². The van der Waals surface area contributed by atoms with Gasteiger partial charge < -0.3 is 21.1 Å². The first-order chi connectivity index (χ1) is 11.7. The Morgan fingerprint density at radius 3 is 2.56 bits per heavy atom. The third-order valence-electron chi connectivity index (χ3n) is 3.06. The third-order valence-corrected chi connectivity index (χ3v) is 4.25. The number of hydrogen-bond acceptors (Lipinski definition) is 5. The number of thioether (sulfide) groups is 1. The number of amides is 3. The maximum absolute atomic E-state index is 12.1. The highest BCUT2D eigenvalue weighted by molar-refractivity contribution is 7.98. The van der Waals surface area contributed by atoms with E-state index in [0.717, 1.165) is 0 Å². The fraction of sp³-hybridized carbons (Fsp3) is 0.400. The number of benzene rings is 1. The van der Waals surface area contributed by atoms with Gasteiger partial charge in [-0.2, -0.15) is 11.8 Å². The lowest BCUT2D eigenvalue weighted by Gasteiger charge is -2.19. The van der Waals surface area contributed by atoms with Crippen molar-refractivity contribution in [3.8, 4) is 0 Å². The number of halogens is 2.